The smallest absolute Gasteiger partial charge is 0.0473 e. The van der Waals surface area contributed by atoms with E-state index in [1.54, 1.807) is 0 Å². The van der Waals surface area contributed by atoms with Crippen LogP contribution in [-0.2, 0) is 0 Å². The number of hydrogen-bond acceptors (Lipinski definition) is 2. The molecule has 2 heteroatoms. The number of rotatable bonds is 4. The topological polar surface area (TPSA) is 29.3 Å². The highest BCUT2D eigenvalue weighted by atomic mass is 15.2. The Kier molecular flexibility index (Phi) is 4.64. The van der Waals surface area contributed by atoms with E-state index in [9.17, 15) is 0 Å². The number of aryl methyl sites for hydroxylation is 3. The van der Waals surface area contributed by atoms with Crippen molar-refractivity contribution in [3.8, 4) is 0 Å². The zero-order valence-corrected chi connectivity index (χ0v) is 12.9. The molecule has 2 unspecified atom stereocenters. The van der Waals surface area contributed by atoms with E-state index in [-0.39, 0.29) is 0 Å². The van der Waals surface area contributed by atoms with Crippen molar-refractivity contribution in [2.75, 3.05) is 19.6 Å². The molecule has 0 bridgehead atoms. The molecule has 1 aliphatic heterocycles. The molecule has 2 rings (SSSR count). The molecule has 19 heavy (non-hydrogen) atoms. The number of likely N-dealkylation sites (tertiary alicyclic amines) is 1. The average molecular weight is 260 g/mol. The average Bonchev–Trinajstić information content (AvgIpc) is 2.85. The fraction of sp³-hybridized carbons (Fsp3) is 0.647. The van der Waals surface area contributed by atoms with Gasteiger partial charge >= 0.3 is 0 Å². The highest BCUT2D eigenvalue weighted by Gasteiger charge is 2.28. The Balaban J connectivity index is 2.25. The van der Waals surface area contributed by atoms with Gasteiger partial charge in [-0.15, -0.1) is 0 Å². The van der Waals surface area contributed by atoms with Crippen LogP contribution in [0.25, 0.3) is 0 Å². The molecule has 0 aromatic heterocycles. The molecule has 0 radical (unpaired) electrons. The number of hydrogen-bond donors (Lipinski definition) is 1. The Bertz CT molecular complexity index is 439. The lowest BCUT2D eigenvalue weighted by Gasteiger charge is -2.29. The second-order valence-electron chi connectivity index (χ2n) is 6.10. The molecule has 2 N–H and O–H groups in total. The third-order valence-corrected chi connectivity index (χ3v) is 4.80. The van der Waals surface area contributed by atoms with Crippen LogP contribution in [0.5, 0.6) is 0 Å². The molecule has 1 saturated heterocycles. The van der Waals surface area contributed by atoms with Crippen LogP contribution < -0.4 is 5.73 Å². The predicted molar refractivity (Wildman–Crippen MR) is 82.4 cm³/mol. The van der Waals surface area contributed by atoms with E-state index < -0.39 is 0 Å². The van der Waals surface area contributed by atoms with Gasteiger partial charge < -0.3 is 5.73 Å². The molecule has 2 nitrogen and oxygen atoms in total. The summed E-state index contributed by atoms with van der Waals surface area (Å²) in [6, 6.07) is 5.05. The Hall–Kier alpha value is -0.860. The molecule has 1 aliphatic rings. The summed E-state index contributed by atoms with van der Waals surface area (Å²) in [6.45, 7) is 12.0. The van der Waals surface area contributed by atoms with Gasteiger partial charge in [0.1, 0.15) is 0 Å². The molecule has 0 amide bonds. The van der Waals surface area contributed by atoms with E-state index in [1.165, 1.54) is 48.2 Å². The van der Waals surface area contributed by atoms with Gasteiger partial charge in [0.05, 0.1) is 0 Å². The minimum atomic E-state index is 0.399. The number of benzene rings is 1. The van der Waals surface area contributed by atoms with Crippen LogP contribution >= 0.6 is 0 Å². The summed E-state index contributed by atoms with van der Waals surface area (Å²) in [7, 11) is 0. The van der Waals surface area contributed by atoms with Crippen molar-refractivity contribution in [2.24, 2.45) is 11.7 Å². The van der Waals surface area contributed by atoms with Crippen LogP contribution in [0.2, 0.25) is 0 Å². The lowest BCUT2D eigenvalue weighted by atomic mass is 9.95. The van der Waals surface area contributed by atoms with Crippen molar-refractivity contribution >= 4 is 0 Å². The van der Waals surface area contributed by atoms with Crippen LogP contribution in [0, 0.1) is 26.7 Å². The largest absolute Gasteiger partial charge is 0.329 e. The van der Waals surface area contributed by atoms with Gasteiger partial charge in [-0.2, -0.15) is 0 Å². The van der Waals surface area contributed by atoms with Gasteiger partial charge in [-0.05, 0) is 61.9 Å². The van der Waals surface area contributed by atoms with E-state index in [0.717, 1.165) is 12.5 Å². The summed E-state index contributed by atoms with van der Waals surface area (Å²) in [4.78, 5) is 2.59. The van der Waals surface area contributed by atoms with Crippen molar-refractivity contribution in [1.82, 2.24) is 4.90 Å². The van der Waals surface area contributed by atoms with E-state index in [2.05, 4.69) is 44.7 Å². The van der Waals surface area contributed by atoms with Crippen LogP contribution in [0.15, 0.2) is 12.1 Å². The maximum absolute atomic E-state index is 6.09. The van der Waals surface area contributed by atoms with E-state index in [1.807, 2.05) is 0 Å². The van der Waals surface area contributed by atoms with E-state index >= 15 is 0 Å². The molecule has 0 spiro atoms. The normalized spacial score (nSPS) is 21.8. The highest BCUT2D eigenvalue weighted by Crippen LogP contribution is 2.31. The SMILES string of the molecule is CCC1CCN(C(CN)c2cc(C)c(C)cc2C)C1. The lowest BCUT2D eigenvalue weighted by molar-refractivity contribution is 0.240. The first-order chi connectivity index (χ1) is 9.06. The summed E-state index contributed by atoms with van der Waals surface area (Å²) in [6.07, 6.45) is 2.62. The van der Waals surface area contributed by atoms with Crippen molar-refractivity contribution in [1.29, 1.82) is 0 Å². The van der Waals surface area contributed by atoms with Gasteiger partial charge in [0.15, 0.2) is 0 Å². The summed E-state index contributed by atoms with van der Waals surface area (Å²) < 4.78 is 0. The molecule has 1 aromatic carbocycles. The Labute approximate surface area is 118 Å². The van der Waals surface area contributed by atoms with Gasteiger partial charge in [0.25, 0.3) is 0 Å². The van der Waals surface area contributed by atoms with Crippen LogP contribution in [0.1, 0.15) is 48.1 Å². The minimum absolute atomic E-state index is 0.399. The molecule has 106 valence electrons. The fourth-order valence-electron chi connectivity index (χ4n) is 3.29. The Morgan fingerprint density at radius 3 is 2.47 bits per heavy atom. The minimum Gasteiger partial charge on any atom is -0.329 e. The van der Waals surface area contributed by atoms with Gasteiger partial charge in [0, 0.05) is 19.1 Å². The van der Waals surface area contributed by atoms with Crippen LogP contribution in [0.4, 0.5) is 0 Å². The molecule has 1 heterocycles. The first kappa shape index (κ1) is 14.5. The Morgan fingerprint density at radius 1 is 1.21 bits per heavy atom. The maximum atomic E-state index is 6.09. The quantitative estimate of drug-likeness (QED) is 0.899. The third kappa shape index (κ3) is 3.01. The van der Waals surface area contributed by atoms with Crippen molar-refractivity contribution < 1.29 is 0 Å². The van der Waals surface area contributed by atoms with Gasteiger partial charge in [-0.3, -0.25) is 4.90 Å². The molecular formula is C17H28N2. The second kappa shape index (κ2) is 6.06. The Morgan fingerprint density at radius 2 is 1.89 bits per heavy atom. The third-order valence-electron chi connectivity index (χ3n) is 4.80. The fourth-order valence-corrected chi connectivity index (χ4v) is 3.29. The standard InChI is InChI=1S/C17H28N2/c1-5-15-6-7-19(11-15)17(10-18)16-9-13(3)12(2)8-14(16)4/h8-9,15,17H,5-7,10-11,18H2,1-4H3. The maximum Gasteiger partial charge on any atom is 0.0473 e. The molecule has 0 aliphatic carbocycles. The first-order valence-electron chi connectivity index (χ1n) is 7.58. The van der Waals surface area contributed by atoms with Gasteiger partial charge in [-0.25, -0.2) is 0 Å². The van der Waals surface area contributed by atoms with Crippen molar-refractivity contribution in [3.63, 3.8) is 0 Å². The summed E-state index contributed by atoms with van der Waals surface area (Å²) in [5.41, 5.74) is 11.7. The molecule has 2 atom stereocenters. The monoisotopic (exact) mass is 260 g/mol. The van der Waals surface area contributed by atoms with Gasteiger partial charge in [-0.1, -0.05) is 25.5 Å². The van der Waals surface area contributed by atoms with Crippen molar-refractivity contribution in [2.45, 2.75) is 46.6 Å². The first-order valence-corrected chi connectivity index (χ1v) is 7.58. The highest BCUT2D eigenvalue weighted by molar-refractivity contribution is 5.38. The number of nitrogens with two attached hydrogens (primary N) is 1. The van der Waals surface area contributed by atoms with Crippen LogP contribution in [-0.4, -0.2) is 24.5 Å². The molecular weight excluding hydrogens is 232 g/mol. The zero-order chi connectivity index (χ0) is 14.0. The zero-order valence-electron chi connectivity index (χ0n) is 12.9. The van der Waals surface area contributed by atoms with E-state index in [0.29, 0.717) is 6.04 Å². The summed E-state index contributed by atoms with van der Waals surface area (Å²) >= 11 is 0. The lowest BCUT2D eigenvalue weighted by Crippen LogP contribution is -2.32. The number of nitrogens with zero attached hydrogens (tertiary/aromatic N) is 1. The molecule has 1 aromatic rings. The second-order valence-corrected chi connectivity index (χ2v) is 6.10. The van der Waals surface area contributed by atoms with Crippen molar-refractivity contribution in [3.05, 3.63) is 34.4 Å². The van der Waals surface area contributed by atoms with Gasteiger partial charge in [0.2, 0.25) is 0 Å². The molecule has 0 saturated carbocycles. The van der Waals surface area contributed by atoms with Crippen LogP contribution in [0.3, 0.4) is 0 Å². The summed E-state index contributed by atoms with van der Waals surface area (Å²) in [5.74, 6) is 0.862. The summed E-state index contributed by atoms with van der Waals surface area (Å²) in [5, 5.41) is 0. The predicted octanol–water partition coefficient (Wildman–Crippen LogP) is 3.34. The van der Waals surface area contributed by atoms with E-state index in [4.69, 9.17) is 5.73 Å². The molecule has 1 fully saturated rings.